The van der Waals surface area contributed by atoms with Crippen LogP contribution in [0, 0.1) is 11.8 Å². The Labute approximate surface area is 366 Å². The van der Waals surface area contributed by atoms with Gasteiger partial charge >= 0.3 is 12.2 Å². The van der Waals surface area contributed by atoms with E-state index in [1.807, 2.05) is 48.5 Å². The number of hydrogen-bond acceptors (Lipinski definition) is 10. The molecular formula is C40H46Cl2N14O6. The van der Waals surface area contributed by atoms with E-state index >= 15 is 0 Å². The summed E-state index contributed by atoms with van der Waals surface area (Å²) in [4.78, 5) is 76.6. The Hall–Kier alpha value is -6.46. The van der Waals surface area contributed by atoms with Crippen LogP contribution in [0.3, 0.4) is 0 Å². The molecule has 2 aliphatic rings. The van der Waals surface area contributed by atoms with Crippen molar-refractivity contribution in [1.82, 2.24) is 40.4 Å². The van der Waals surface area contributed by atoms with Gasteiger partial charge in [-0.3, -0.25) is 9.59 Å². The average Bonchev–Trinajstić information content (AvgIpc) is 4.06. The third-order valence-electron chi connectivity index (χ3n) is 11.0. The van der Waals surface area contributed by atoms with Crippen molar-refractivity contribution in [2.45, 2.75) is 76.8 Å². The zero-order valence-corrected chi connectivity index (χ0v) is 36.3. The summed E-state index contributed by atoms with van der Waals surface area (Å²) in [6.45, 7) is 7.47. The standard InChI is InChI=1S/C40H46Cl2N14O6/c1-19(2)29(47-39(59)61-5)37(57)55-17-25(51-53-43)15-27(55)35-45-31(33(41)49-35)23-11-7-21(8-12-23)22-9-13-24(14-10-22)32-34(42)50-36(46-32)28-16-26(52-54-44)18-56(28)38(58)30(20(3)4)48-40(60)62-6/h7-14,19-20,25-30H,15-18H2,1-6H3,(H,45,49)(H,46,50)(H,47,59)(H,48,60)/t25?,26?,27-,28-,29-,30-/m0/s1. The lowest BCUT2D eigenvalue weighted by molar-refractivity contribution is -0.136. The molecule has 6 rings (SSSR count). The van der Waals surface area contributed by atoms with Gasteiger partial charge in [-0.1, -0.05) is 110 Å². The van der Waals surface area contributed by atoms with Crippen LogP contribution in [-0.4, -0.2) is 105 Å². The van der Waals surface area contributed by atoms with E-state index < -0.39 is 48.4 Å². The fraction of sp³-hybridized carbons (Fsp3) is 0.450. The molecule has 2 unspecified atom stereocenters. The number of benzene rings is 2. The van der Waals surface area contributed by atoms with Gasteiger partial charge in [0.2, 0.25) is 11.8 Å². The molecule has 0 spiro atoms. The molecule has 2 aromatic heterocycles. The predicted octanol–water partition coefficient (Wildman–Crippen LogP) is 8.11. The number of rotatable bonds is 13. The molecule has 6 atom stereocenters. The number of aromatic nitrogens is 4. The number of azide groups is 2. The molecule has 4 N–H and O–H groups in total. The van der Waals surface area contributed by atoms with Crippen molar-refractivity contribution < 1.29 is 28.7 Å². The van der Waals surface area contributed by atoms with Gasteiger partial charge in [-0.05, 0) is 46.9 Å². The molecule has 326 valence electrons. The number of imidazole rings is 2. The fourth-order valence-electron chi connectivity index (χ4n) is 7.78. The normalized spacial score (nSPS) is 19.4. The van der Waals surface area contributed by atoms with Gasteiger partial charge in [0, 0.05) is 34.0 Å². The number of likely N-dealkylation sites (tertiary alicyclic amines) is 2. The van der Waals surface area contributed by atoms with E-state index in [0.717, 1.165) is 11.1 Å². The van der Waals surface area contributed by atoms with Gasteiger partial charge in [0.1, 0.15) is 45.4 Å². The number of nitrogens with one attached hydrogen (secondary N) is 4. The first-order valence-electron chi connectivity index (χ1n) is 19.8. The molecule has 2 saturated heterocycles. The van der Waals surface area contributed by atoms with Crippen molar-refractivity contribution in [3.8, 4) is 33.6 Å². The van der Waals surface area contributed by atoms with E-state index in [0.29, 0.717) is 47.0 Å². The number of amides is 4. The number of H-pyrrole nitrogens is 2. The predicted molar refractivity (Wildman–Crippen MR) is 229 cm³/mol. The number of ether oxygens (including phenoxy) is 2. The van der Waals surface area contributed by atoms with Crippen LogP contribution in [0.4, 0.5) is 9.59 Å². The highest BCUT2D eigenvalue weighted by atomic mass is 35.5. The lowest BCUT2D eigenvalue weighted by Crippen LogP contribution is -2.51. The van der Waals surface area contributed by atoms with Crippen molar-refractivity contribution in [1.29, 1.82) is 0 Å². The first-order valence-corrected chi connectivity index (χ1v) is 20.5. The van der Waals surface area contributed by atoms with Crippen molar-refractivity contribution in [3.05, 3.63) is 91.4 Å². The Morgan fingerprint density at radius 1 is 0.677 bits per heavy atom. The number of halogens is 2. The van der Waals surface area contributed by atoms with Gasteiger partial charge in [0.25, 0.3) is 0 Å². The van der Waals surface area contributed by atoms with E-state index in [-0.39, 0.29) is 47.0 Å². The lowest BCUT2D eigenvalue weighted by Gasteiger charge is -2.30. The van der Waals surface area contributed by atoms with Gasteiger partial charge in [-0.2, -0.15) is 0 Å². The van der Waals surface area contributed by atoms with E-state index in [2.05, 4.69) is 40.7 Å². The van der Waals surface area contributed by atoms with Gasteiger partial charge in [0.15, 0.2) is 0 Å². The van der Waals surface area contributed by atoms with Gasteiger partial charge in [-0.15, -0.1) is 0 Å². The molecule has 2 aliphatic heterocycles. The number of alkyl carbamates (subject to hydrolysis) is 2. The zero-order valence-electron chi connectivity index (χ0n) is 34.7. The summed E-state index contributed by atoms with van der Waals surface area (Å²) in [7, 11) is 2.44. The van der Waals surface area contributed by atoms with Crippen LogP contribution in [0.15, 0.2) is 58.8 Å². The van der Waals surface area contributed by atoms with Gasteiger partial charge in [0.05, 0.1) is 38.4 Å². The smallest absolute Gasteiger partial charge is 0.407 e. The van der Waals surface area contributed by atoms with Crippen LogP contribution in [0.2, 0.25) is 10.3 Å². The topological polar surface area (TPSA) is 272 Å². The maximum absolute atomic E-state index is 13.8. The van der Waals surface area contributed by atoms with Gasteiger partial charge < -0.3 is 39.9 Å². The average molecular weight is 890 g/mol. The Morgan fingerprint density at radius 2 is 1.02 bits per heavy atom. The number of carbonyl (C=O) groups is 4. The summed E-state index contributed by atoms with van der Waals surface area (Å²) in [5.41, 5.74) is 22.5. The van der Waals surface area contributed by atoms with E-state index in [9.17, 15) is 19.2 Å². The molecule has 2 aromatic carbocycles. The minimum absolute atomic E-state index is 0.129. The summed E-state index contributed by atoms with van der Waals surface area (Å²) in [5.74, 6) is -0.455. The van der Waals surface area contributed by atoms with E-state index in [1.54, 1.807) is 37.5 Å². The van der Waals surface area contributed by atoms with Crippen molar-refractivity contribution in [2.24, 2.45) is 22.1 Å². The number of nitrogens with zero attached hydrogens (tertiary/aromatic N) is 10. The first kappa shape index (κ1) is 45.1. The van der Waals surface area contributed by atoms with Crippen molar-refractivity contribution in [3.63, 3.8) is 0 Å². The third kappa shape index (κ3) is 9.68. The number of hydrogen-bond donors (Lipinski definition) is 4. The largest absolute Gasteiger partial charge is 0.453 e. The maximum atomic E-state index is 13.8. The molecule has 62 heavy (non-hydrogen) atoms. The van der Waals surface area contributed by atoms with Crippen LogP contribution < -0.4 is 10.6 Å². The monoisotopic (exact) mass is 888 g/mol. The van der Waals surface area contributed by atoms with E-state index in [4.69, 9.17) is 53.7 Å². The van der Waals surface area contributed by atoms with Crippen molar-refractivity contribution in [2.75, 3.05) is 27.3 Å². The molecule has 0 bridgehead atoms. The third-order valence-corrected chi connectivity index (χ3v) is 11.5. The van der Waals surface area contributed by atoms with Crippen LogP contribution in [0.25, 0.3) is 54.5 Å². The van der Waals surface area contributed by atoms with Crippen LogP contribution in [0.1, 0.15) is 64.3 Å². The van der Waals surface area contributed by atoms with Crippen molar-refractivity contribution >= 4 is 47.2 Å². The second-order valence-electron chi connectivity index (χ2n) is 15.6. The summed E-state index contributed by atoms with van der Waals surface area (Å²) in [6.07, 6.45) is -0.879. The minimum atomic E-state index is -0.892. The molecule has 22 heteroatoms. The zero-order chi connectivity index (χ0) is 44.8. The SMILES string of the molecule is COC(=O)N[C@H](C(=O)N1CC(N=[N+]=[N-])C[C@H]1c1nc(-c2ccc(-c3ccc(-c4nc([C@@H]5CC(N=[N+]=[N-])CN5C(=O)[C@@H](NC(=O)OC)C(C)C)[nH]c4Cl)cc3)cc2)c(Cl)[nH]1)C(C)C. The highest BCUT2D eigenvalue weighted by Crippen LogP contribution is 2.39. The summed E-state index contributed by atoms with van der Waals surface area (Å²) >= 11 is 13.4. The Kier molecular flexibility index (Phi) is 14.2. The number of methoxy groups -OCH3 is 2. The van der Waals surface area contributed by atoms with E-state index in [1.165, 1.54) is 14.2 Å². The minimum Gasteiger partial charge on any atom is -0.453 e. The molecular weight excluding hydrogens is 843 g/mol. The molecule has 0 aliphatic carbocycles. The van der Waals surface area contributed by atoms with Crippen LogP contribution in [-0.2, 0) is 19.1 Å². The summed E-state index contributed by atoms with van der Waals surface area (Å²) < 4.78 is 9.48. The molecule has 20 nitrogen and oxygen atoms in total. The highest BCUT2D eigenvalue weighted by Gasteiger charge is 2.43. The molecule has 0 radical (unpaired) electrons. The fourth-order valence-corrected chi connectivity index (χ4v) is 8.28. The quantitative estimate of drug-likeness (QED) is 0.0577. The Balaban J connectivity index is 1.20. The Bertz CT molecular complexity index is 2230. The maximum Gasteiger partial charge on any atom is 0.407 e. The molecule has 0 saturated carbocycles. The number of carbonyl (C=O) groups excluding carboxylic acids is 4. The summed E-state index contributed by atoms with van der Waals surface area (Å²) in [6, 6.07) is 11.2. The lowest BCUT2D eigenvalue weighted by atomic mass is 10.0. The second-order valence-corrected chi connectivity index (χ2v) is 16.4. The summed E-state index contributed by atoms with van der Waals surface area (Å²) in [5, 5.41) is 13.5. The molecule has 2 fully saturated rings. The Morgan fingerprint density at radius 3 is 1.32 bits per heavy atom. The molecule has 4 amide bonds. The molecule has 4 heterocycles. The van der Waals surface area contributed by atoms with Gasteiger partial charge in [-0.25, -0.2) is 19.6 Å². The highest BCUT2D eigenvalue weighted by molar-refractivity contribution is 6.32. The first-order chi connectivity index (χ1) is 29.7. The number of aromatic amines is 2. The second kappa shape index (κ2) is 19.5. The van der Waals surface area contributed by atoms with Crippen LogP contribution >= 0.6 is 23.2 Å². The van der Waals surface area contributed by atoms with Crippen LogP contribution in [0.5, 0.6) is 0 Å². The molecule has 4 aromatic rings.